The molecule has 6 nitrogen and oxygen atoms in total. The van der Waals surface area contributed by atoms with Gasteiger partial charge in [-0.15, -0.1) is 24.8 Å². The van der Waals surface area contributed by atoms with Crippen LogP contribution in [0.25, 0.3) is 0 Å². The molecule has 0 unspecified atom stereocenters. The highest BCUT2D eigenvalue weighted by Gasteiger charge is 2.23. The summed E-state index contributed by atoms with van der Waals surface area (Å²) in [4.78, 5) is 29.1. The van der Waals surface area contributed by atoms with E-state index in [2.05, 4.69) is 15.6 Å². The number of nitrogens with one attached hydrogen (secondary N) is 2. The molecule has 28 heavy (non-hydrogen) atoms. The van der Waals surface area contributed by atoms with E-state index < -0.39 is 5.54 Å². The van der Waals surface area contributed by atoms with Crippen LogP contribution in [0.15, 0.2) is 42.7 Å². The summed E-state index contributed by atoms with van der Waals surface area (Å²) < 4.78 is 0. The van der Waals surface area contributed by atoms with E-state index in [0.29, 0.717) is 23.4 Å². The van der Waals surface area contributed by atoms with Gasteiger partial charge in [-0.25, -0.2) is 0 Å². The third kappa shape index (κ3) is 6.48. The van der Waals surface area contributed by atoms with Crippen molar-refractivity contribution in [1.29, 1.82) is 0 Å². The highest BCUT2D eigenvalue weighted by Crippen LogP contribution is 2.22. The summed E-state index contributed by atoms with van der Waals surface area (Å²) in [6, 6.07) is 8.59. The molecule has 0 saturated heterocycles. The fourth-order valence-corrected chi connectivity index (χ4v) is 2.56. The first-order valence-electron chi connectivity index (χ1n) is 8.78. The lowest BCUT2D eigenvalue weighted by molar-refractivity contribution is 0.0943. The van der Waals surface area contributed by atoms with E-state index in [1.807, 2.05) is 26.8 Å². The van der Waals surface area contributed by atoms with Crippen LogP contribution in [0.4, 0.5) is 5.69 Å². The summed E-state index contributed by atoms with van der Waals surface area (Å²) in [7, 11) is 0. The van der Waals surface area contributed by atoms with E-state index >= 15 is 0 Å². The molecule has 0 aliphatic rings. The number of benzene rings is 1. The SMILES string of the molecule is CCC(N)(CC)CNC(=O)c1cccc(C)c1NC(=O)c1ccncc1.Cl.Cl. The average Bonchev–Trinajstić information content (AvgIpc) is 2.68. The van der Waals surface area contributed by atoms with Gasteiger partial charge in [-0.2, -0.15) is 0 Å². The average molecular weight is 427 g/mol. The lowest BCUT2D eigenvalue weighted by Crippen LogP contribution is -2.49. The van der Waals surface area contributed by atoms with E-state index in [1.54, 1.807) is 36.7 Å². The Hall–Kier alpha value is -2.15. The molecule has 4 N–H and O–H groups in total. The molecule has 0 bridgehead atoms. The van der Waals surface area contributed by atoms with Crippen LogP contribution in [0.1, 0.15) is 53.0 Å². The van der Waals surface area contributed by atoms with Gasteiger partial charge >= 0.3 is 0 Å². The third-order valence-electron chi connectivity index (χ3n) is 4.71. The number of nitrogens with two attached hydrogens (primary N) is 1. The van der Waals surface area contributed by atoms with Crippen molar-refractivity contribution in [1.82, 2.24) is 10.3 Å². The topological polar surface area (TPSA) is 97.1 Å². The number of aromatic nitrogens is 1. The molecule has 0 fully saturated rings. The van der Waals surface area contributed by atoms with Gasteiger partial charge in [0.2, 0.25) is 0 Å². The minimum atomic E-state index is -0.431. The second-order valence-electron chi connectivity index (χ2n) is 6.44. The lowest BCUT2D eigenvalue weighted by atomic mass is 9.94. The highest BCUT2D eigenvalue weighted by molar-refractivity contribution is 6.09. The molecule has 0 radical (unpaired) electrons. The van der Waals surface area contributed by atoms with Gasteiger partial charge in [0.25, 0.3) is 11.8 Å². The molecule has 2 amide bonds. The molecule has 0 atom stereocenters. The smallest absolute Gasteiger partial charge is 0.255 e. The first-order valence-corrected chi connectivity index (χ1v) is 8.78. The zero-order valence-electron chi connectivity index (χ0n) is 16.3. The predicted octanol–water partition coefficient (Wildman–Crippen LogP) is 3.73. The second kappa shape index (κ2) is 11.6. The molecule has 2 rings (SSSR count). The van der Waals surface area contributed by atoms with Crippen LogP contribution < -0.4 is 16.4 Å². The molecule has 8 heteroatoms. The molecule has 1 aromatic carbocycles. The van der Waals surface area contributed by atoms with Crippen molar-refractivity contribution in [3.05, 3.63) is 59.4 Å². The molecule has 2 aromatic rings. The van der Waals surface area contributed by atoms with Crippen molar-refractivity contribution < 1.29 is 9.59 Å². The molecular formula is C20H28Cl2N4O2. The van der Waals surface area contributed by atoms with Gasteiger partial charge < -0.3 is 16.4 Å². The Morgan fingerprint density at radius 1 is 1.04 bits per heavy atom. The molecule has 1 aromatic heterocycles. The first kappa shape index (κ1) is 25.9. The van der Waals surface area contributed by atoms with Crippen molar-refractivity contribution in [2.75, 3.05) is 11.9 Å². The van der Waals surface area contributed by atoms with Gasteiger partial charge in [-0.05, 0) is 43.5 Å². The number of halogens is 2. The summed E-state index contributed by atoms with van der Waals surface area (Å²) >= 11 is 0. The Morgan fingerprint density at radius 3 is 2.21 bits per heavy atom. The molecule has 1 heterocycles. The zero-order chi connectivity index (χ0) is 19.2. The van der Waals surface area contributed by atoms with Crippen LogP contribution in [-0.4, -0.2) is 28.9 Å². The summed E-state index contributed by atoms with van der Waals surface area (Å²) in [5.74, 6) is -0.540. The lowest BCUT2D eigenvalue weighted by Gasteiger charge is -2.27. The van der Waals surface area contributed by atoms with Gasteiger partial charge in [0.15, 0.2) is 0 Å². The second-order valence-corrected chi connectivity index (χ2v) is 6.44. The van der Waals surface area contributed by atoms with Crippen LogP contribution in [0, 0.1) is 6.92 Å². The minimum absolute atomic E-state index is 0. The Labute approximate surface area is 178 Å². The highest BCUT2D eigenvalue weighted by atomic mass is 35.5. The normalized spacial score (nSPS) is 10.3. The van der Waals surface area contributed by atoms with E-state index in [0.717, 1.165) is 18.4 Å². The van der Waals surface area contributed by atoms with Crippen molar-refractivity contribution in [3.8, 4) is 0 Å². The van der Waals surface area contributed by atoms with Crippen LogP contribution in [-0.2, 0) is 0 Å². The fourth-order valence-electron chi connectivity index (χ4n) is 2.56. The molecular weight excluding hydrogens is 399 g/mol. The Bertz CT molecular complexity index is 781. The number of aryl methyl sites for hydroxylation is 1. The van der Waals surface area contributed by atoms with Gasteiger partial charge in [0.05, 0.1) is 11.3 Å². The maximum Gasteiger partial charge on any atom is 0.255 e. The Morgan fingerprint density at radius 2 is 1.64 bits per heavy atom. The third-order valence-corrected chi connectivity index (χ3v) is 4.71. The summed E-state index contributed by atoms with van der Waals surface area (Å²) in [5, 5.41) is 5.74. The number of hydrogen-bond acceptors (Lipinski definition) is 4. The summed E-state index contributed by atoms with van der Waals surface area (Å²) in [5.41, 5.74) is 8.04. The molecule has 0 saturated carbocycles. The van der Waals surface area contributed by atoms with Crippen LogP contribution in [0.2, 0.25) is 0 Å². The number of hydrogen-bond donors (Lipinski definition) is 3. The van der Waals surface area contributed by atoms with Crippen molar-refractivity contribution in [3.63, 3.8) is 0 Å². The molecule has 0 aliphatic heterocycles. The monoisotopic (exact) mass is 426 g/mol. The maximum atomic E-state index is 12.7. The number of pyridine rings is 1. The van der Waals surface area contributed by atoms with Crippen molar-refractivity contribution >= 4 is 42.3 Å². The number of carbonyl (C=O) groups is 2. The predicted molar refractivity (Wildman–Crippen MR) is 118 cm³/mol. The Kier molecular flexibility index (Phi) is 10.7. The first-order chi connectivity index (χ1) is 12.4. The van der Waals surface area contributed by atoms with E-state index in [1.165, 1.54) is 0 Å². The van der Waals surface area contributed by atoms with Crippen LogP contribution >= 0.6 is 24.8 Å². The molecule has 154 valence electrons. The number of para-hydroxylation sites is 1. The maximum absolute atomic E-state index is 12.7. The van der Waals surface area contributed by atoms with Gasteiger partial charge in [-0.3, -0.25) is 14.6 Å². The van der Waals surface area contributed by atoms with Crippen molar-refractivity contribution in [2.24, 2.45) is 5.73 Å². The minimum Gasteiger partial charge on any atom is -0.350 e. The number of rotatable bonds is 7. The van der Waals surface area contributed by atoms with Gasteiger partial charge in [-0.1, -0.05) is 26.0 Å². The van der Waals surface area contributed by atoms with E-state index in [9.17, 15) is 9.59 Å². The molecule has 0 spiro atoms. The number of anilines is 1. The summed E-state index contributed by atoms with van der Waals surface area (Å²) in [6.07, 6.45) is 4.64. The quantitative estimate of drug-likeness (QED) is 0.627. The van der Waals surface area contributed by atoms with E-state index in [4.69, 9.17) is 5.73 Å². The van der Waals surface area contributed by atoms with Crippen LogP contribution in [0.5, 0.6) is 0 Å². The van der Waals surface area contributed by atoms with Crippen molar-refractivity contribution in [2.45, 2.75) is 39.2 Å². The largest absolute Gasteiger partial charge is 0.350 e. The number of amides is 2. The van der Waals surface area contributed by atoms with Crippen LogP contribution in [0.3, 0.4) is 0 Å². The van der Waals surface area contributed by atoms with Gasteiger partial charge in [0, 0.05) is 30.0 Å². The molecule has 0 aliphatic carbocycles. The Balaban J connectivity index is 0.00000364. The number of carbonyl (C=O) groups excluding carboxylic acids is 2. The van der Waals surface area contributed by atoms with Gasteiger partial charge in [0.1, 0.15) is 0 Å². The standard InChI is InChI=1S/C20H26N4O2.2ClH/c1-4-20(21,5-2)13-23-19(26)16-8-6-7-14(3)17(16)24-18(25)15-9-11-22-12-10-15;;/h6-12H,4-5,13,21H2,1-3H3,(H,23,26)(H,24,25);2*1H. The van der Waals surface area contributed by atoms with E-state index in [-0.39, 0.29) is 36.6 Å². The summed E-state index contributed by atoms with van der Waals surface area (Å²) in [6.45, 7) is 6.24. The zero-order valence-corrected chi connectivity index (χ0v) is 18.0. The fraction of sp³-hybridized carbons (Fsp3) is 0.350. The number of nitrogens with zero attached hydrogens (tertiary/aromatic N) is 1.